The molecule has 0 aliphatic carbocycles. The maximum atomic E-state index is 12.9. The van der Waals surface area contributed by atoms with E-state index in [4.69, 9.17) is 11.5 Å². The summed E-state index contributed by atoms with van der Waals surface area (Å²) in [5.41, 5.74) is 9.50. The fourth-order valence-corrected chi connectivity index (χ4v) is 0.950. The van der Waals surface area contributed by atoms with Crippen molar-refractivity contribution in [1.82, 2.24) is 0 Å². The van der Waals surface area contributed by atoms with Gasteiger partial charge in [0.2, 0.25) is 5.91 Å². The van der Waals surface area contributed by atoms with Crippen LogP contribution in [0.15, 0.2) is 18.2 Å². The van der Waals surface area contributed by atoms with Crippen LogP contribution in [0, 0.1) is 11.6 Å². The summed E-state index contributed by atoms with van der Waals surface area (Å²) in [6.45, 7) is 0. The number of hydrogen-bond acceptors (Lipinski definition) is 2. The van der Waals surface area contributed by atoms with Gasteiger partial charge in [0.15, 0.2) is 0 Å². The lowest BCUT2D eigenvalue weighted by atomic mass is 10.1. The molecule has 1 aromatic rings. The highest BCUT2D eigenvalue weighted by Gasteiger charge is 2.20. The summed E-state index contributed by atoms with van der Waals surface area (Å²) >= 11 is 0. The summed E-state index contributed by atoms with van der Waals surface area (Å²) in [4.78, 5) is 10.6. The molecule has 1 aromatic carbocycles. The Morgan fingerprint density at radius 3 is 2.15 bits per heavy atom. The van der Waals surface area contributed by atoms with Crippen molar-refractivity contribution >= 4 is 5.91 Å². The zero-order chi connectivity index (χ0) is 10.0. The molecule has 0 bridgehead atoms. The van der Waals surface area contributed by atoms with Crippen LogP contribution < -0.4 is 11.5 Å². The fourth-order valence-electron chi connectivity index (χ4n) is 0.950. The third-order valence-electron chi connectivity index (χ3n) is 1.62. The normalized spacial score (nSPS) is 12.5. The molecule has 0 aliphatic rings. The highest BCUT2D eigenvalue weighted by molar-refractivity contribution is 5.81. The zero-order valence-corrected chi connectivity index (χ0v) is 6.63. The minimum atomic E-state index is -1.44. The molecule has 0 radical (unpaired) electrons. The third kappa shape index (κ3) is 1.81. The minimum Gasteiger partial charge on any atom is -0.368 e. The number of carbonyl (C=O) groups excluding carboxylic acids is 1. The van der Waals surface area contributed by atoms with E-state index in [9.17, 15) is 13.6 Å². The molecule has 0 heterocycles. The van der Waals surface area contributed by atoms with E-state index in [0.717, 1.165) is 12.1 Å². The third-order valence-corrected chi connectivity index (χ3v) is 1.62. The topological polar surface area (TPSA) is 69.1 Å². The predicted octanol–water partition coefficient (Wildman–Crippen LogP) is 0.450. The van der Waals surface area contributed by atoms with Gasteiger partial charge in [-0.1, -0.05) is 6.07 Å². The number of carbonyl (C=O) groups is 1. The molecule has 0 saturated heterocycles. The SMILES string of the molecule is NC(=O)[C@H](N)c1c(F)cccc1F. The quantitative estimate of drug-likeness (QED) is 0.704. The van der Waals surface area contributed by atoms with E-state index in [1.165, 1.54) is 6.07 Å². The van der Waals surface area contributed by atoms with Gasteiger partial charge in [0.1, 0.15) is 17.7 Å². The Labute approximate surface area is 73.3 Å². The average Bonchev–Trinajstić information content (AvgIpc) is 2.03. The molecule has 1 amide bonds. The van der Waals surface area contributed by atoms with E-state index in [0.29, 0.717) is 0 Å². The summed E-state index contributed by atoms with van der Waals surface area (Å²) in [5.74, 6) is -2.71. The maximum Gasteiger partial charge on any atom is 0.239 e. The number of rotatable bonds is 2. The largest absolute Gasteiger partial charge is 0.368 e. The molecular formula is C8H8F2N2O. The van der Waals surface area contributed by atoms with E-state index in [-0.39, 0.29) is 0 Å². The van der Waals surface area contributed by atoms with Gasteiger partial charge < -0.3 is 11.5 Å². The second-order valence-electron chi connectivity index (χ2n) is 2.52. The van der Waals surface area contributed by atoms with Gasteiger partial charge in [0.25, 0.3) is 0 Å². The number of nitrogens with two attached hydrogens (primary N) is 2. The van der Waals surface area contributed by atoms with Crippen LogP contribution in [-0.2, 0) is 4.79 Å². The first-order valence-corrected chi connectivity index (χ1v) is 3.53. The van der Waals surface area contributed by atoms with Crippen LogP contribution in [0.5, 0.6) is 0 Å². The van der Waals surface area contributed by atoms with Gasteiger partial charge in [-0.15, -0.1) is 0 Å². The van der Waals surface area contributed by atoms with Crippen LogP contribution in [0.3, 0.4) is 0 Å². The van der Waals surface area contributed by atoms with Crippen molar-refractivity contribution < 1.29 is 13.6 Å². The van der Waals surface area contributed by atoms with E-state index < -0.39 is 29.1 Å². The first kappa shape index (κ1) is 9.60. The van der Waals surface area contributed by atoms with Crippen molar-refractivity contribution in [3.05, 3.63) is 35.4 Å². The van der Waals surface area contributed by atoms with Crippen molar-refractivity contribution in [2.45, 2.75) is 6.04 Å². The highest BCUT2D eigenvalue weighted by Crippen LogP contribution is 2.18. The molecule has 3 nitrogen and oxygen atoms in total. The van der Waals surface area contributed by atoms with Gasteiger partial charge in [-0.25, -0.2) is 8.78 Å². The second kappa shape index (κ2) is 3.49. The average molecular weight is 186 g/mol. The maximum absolute atomic E-state index is 12.9. The van der Waals surface area contributed by atoms with Gasteiger partial charge in [0.05, 0.1) is 0 Å². The van der Waals surface area contributed by atoms with Crippen LogP contribution in [0.2, 0.25) is 0 Å². The minimum absolute atomic E-state index is 0.491. The molecule has 0 aliphatic heterocycles. The highest BCUT2D eigenvalue weighted by atomic mass is 19.1. The Hall–Kier alpha value is -1.49. The monoisotopic (exact) mass is 186 g/mol. The Kier molecular flexibility index (Phi) is 2.57. The summed E-state index contributed by atoms with van der Waals surface area (Å²) in [6.07, 6.45) is 0. The first-order valence-electron chi connectivity index (χ1n) is 3.53. The Bertz CT molecular complexity index is 321. The summed E-state index contributed by atoms with van der Waals surface area (Å²) in [7, 11) is 0. The molecule has 0 fully saturated rings. The van der Waals surface area contributed by atoms with Crippen molar-refractivity contribution in [3.63, 3.8) is 0 Å². The molecule has 1 atom stereocenters. The lowest BCUT2D eigenvalue weighted by molar-refractivity contribution is -0.119. The standard InChI is InChI=1S/C8H8F2N2O/c9-4-2-1-3-5(10)6(4)7(11)8(12)13/h1-3,7H,11H2,(H2,12,13)/t7-/m1/s1. The van der Waals surface area contributed by atoms with Crippen molar-refractivity contribution in [2.75, 3.05) is 0 Å². The van der Waals surface area contributed by atoms with Crippen molar-refractivity contribution in [1.29, 1.82) is 0 Å². The molecule has 0 aromatic heterocycles. The zero-order valence-electron chi connectivity index (χ0n) is 6.63. The van der Waals surface area contributed by atoms with Crippen LogP contribution in [-0.4, -0.2) is 5.91 Å². The lowest BCUT2D eigenvalue weighted by Crippen LogP contribution is -2.29. The molecule has 13 heavy (non-hydrogen) atoms. The van der Waals surface area contributed by atoms with Crippen LogP contribution >= 0.6 is 0 Å². The summed E-state index contributed by atoms with van der Waals surface area (Å²) in [6, 6.07) is 1.77. The summed E-state index contributed by atoms with van der Waals surface area (Å²) < 4.78 is 25.9. The second-order valence-corrected chi connectivity index (χ2v) is 2.52. The van der Waals surface area contributed by atoms with Gasteiger partial charge in [-0.2, -0.15) is 0 Å². The molecule has 1 rings (SSSR count). The molecule has 4 N–H and O–H groups in total. The van der Waals surface area contributed by atoms with E-state index in [2.05, 4.69) is 0 Å². The van der Waals surface area contributed by atoms with E-state index in [1.807, 2.05) is 0 Å². The van der Waals surface area contributed by atoms with Crippen molar-refractivity contribution in [3.8, 4) is 0 Å². The fraction of sp³-hybridized carbons (Fsp3) is 0.125. The smallest absolute Gasteiger partial charge is 0.239 e. The number of amides is 1. The molecule has 0 spiro atoms. The van der Waals surface area contributed by atoms with Crippen LogP contribution in [0.1, 0.15) is 11.6 Å². The van der Waals surface area contributed by atoms with Crippen LogP contribution in [0.25, 0.3) is 0 Å². The first-order chi connectivity index (χ1) is 6.04. The number of benzene rings is 1. The lowest BCUT2D eigenvalue weighted by Gasteiger charge is -2.09. The van der Waals surface area contributed by atoms with Gasteiger partial charge in [-0.3, -0.25) is 4.79 Å². The predicted molar refractivity (Wildman–Crippen MR) is 42.5 cm³/mol. The van der Waals surface area contributed by atoms with E-state index in [1.54, 1.807) is 0 Å². The number of hydrogen-bond donors (Lipinski definition) is 2. The number of primary amides is 1. The van der Waals surface area contributed by atoms with Gasteiger partial charge >= 0.3 is 0 Å². The van der Waals surface area contributed by atoms with Gasteiger partial charge in [0, 0.05) is 5.56 Å². The molecular weight excluding hydrogens is 178 g/mol. The van der Waals surface area contributed by atoms with Gasteiger partial charge in [-0.05, 0) is 12.1 Å². The Morgan fingerprint density at radius 2 is 1.77 bits per heavy atom. The molecule has 0 unspecified atom stereocenters. The Balaban J connectivity index is 3.20. The van der Waals surface area contributed by atoms with E-state index >= 15 is 0 Å². The number of halogens is 2. The van der Waals surface area contributed by atoms with Crippen LogP contribution in [0.4, 0.5) is 8.78 Å². The molecule has 5 heteroatoms. The van der Waals surface area contributed by atoms with Crippen molar-refractivity contribution in [2.24, 2.45) is 11.5 Å². The summed E-state index contributed by atoms with van der Waals surface area (Å²) in [5, 5.41) is 0. The Morgan fingerprint density at radius 1 is 1.31 bits per heavy atom. The molecule has 0 saturated carbocycles. The molecule has 70 valence electrons.